The quantitative estimate of drug-likeness (QED) is 0.797. The average molecular weight is 300 g/mol. The Morgan fingerprint density at radius 3 is 2.80 bits per heavy atom. The summed E-state index contributed by atoms with van der Waals surface area (Å²) in [6.07, 6.45) is -0.645. The molecule has 0 bridgehead atoms. The fourth-order valence-electron chi connectivity index (χ4n) is 1.82. The molecule has 2 heterocycles. The number of hydrogen-bond acceptors (Lipinski definition) is 5. The Balaban J connectivity index is 2.01. The van der Waals surface area contributed by atoms with Gasteiger partial charge in [-0.25, -0.2) is 4.79 Å². The Morgan fingerprint density at radius 2 is 2.20 bits per heavy atom. The van der Waals surface area contributed by atoms with Gasteiger partial charge in [0, 0.05) is 6.54 Å². The Hall–Kier alpha value is -1.40. The van der Waals surface area contributed by atoms with Crippen molar-refractivity contribution in [2.24, 2.45) is 0 Å². The molecular formula is C13H18ClN3O3. The van der Waals surface area contributed by atoms with Gasteiger partial charge in [0.1, 0.15) is 11.7 Å². The van der Waals surface area contributed by atoms with Crippen molar-refractivity contribution in [1.29, 1.82) is 0 Å². The lowest BCUT2D eigenvalue weighted by molar-refractivity contribution is -0.0449. The van der Waals surface area contributed by atoms with E-state index in [0.29, 0.717) is 30.5 Å². The minimum atomic E-state index is -0.509. The highest BCUT2D eigenvalue weighted by molar-refractivity contribution is 6.29. The molecule has 7 heteroatoms. The zero-order valence-electron chi connectivity index (χ0n) is 11.8. The van der Waals surface area contributed by atoms with Gasteiger partial charge in [-0.1, -0.05) is 11.6 Å². The van der Waals surface area contributed by atoms with E-state index in [0.717, 1.165) is 0 Å². The number of nitrogens with zero attached hydrogens (tertiary/aromatic N) is 3. The maximum absolute atomic E-state index is 12.0. The largest absolute Gasteiger partial charge is 0.444 e. The molecular weight excluding hydrogens is 282 g/mol. The molecule has 0 spiro atoms. The Morgan fingerprint density at radius 1 is 1.45 bits per heavy atom. The van der Waals surface area contributed by atoms with Crippen LogP contribution in [0.2, 0.25) is 5.15 Å². The number of aromatic nitrogens is 2. The van der Waals surface area contributed by atoms with E-state index >= 15 is 0 Å². The van der Waals surface area contributed by atoms with E-state index in [1.165, 1.54) is 0 Å². The first kappa shape index (κ1) is 15.0. The average Bonchev–Trinajstić information content (AvgIpc) is 2.38. The number of ether oxygens (including phenoxy) is 2. The lowest BCUT2D eigenvalue weighted by atomic mass is 10.2. The molecule has 1 atom stereocenters. The molecule has 1 saturated heterocycles. The van der Waals surface area contributed by atoms with E-state index in [4.69, 9.17) is 21.1 Å². The van der Waals surface area contributed by atoms with Crippen molar-refractivity contribution >= 4 is 17.7 Å². The molecule has 1 amide bonds. The zero-order valence-corrected chi connectivity index (χ0v) is 12.6. The number of hydrogen-bond donors (Lipinski definition) is 0. The van der Waals surface area contributed by atoms with Crippen molar-refractivity contribution in [2.45, 2.75) is 32.5 Å². The molecule has 0 radical (unpaired) electrons. The third kappa shape index (κ3) is 4.05. The number of amides is 1. The molecule has 1 aromatic rings. The summed E-state index contributed by atoms with van der Waals surface area (Å²) in [6, 6.07) is 3.40. The maximum Gasteiger partial charge on any atom is 0.410 e. The van der Waals surface area contributed by atoms with Gasteiger partial charge in [0.2, 0.25) is 0 Å². The molecule has 1 unspecified atom stereocenters. The predicted molar refractivity (Wildman–Crippen MR) is 73.5 cm³/mol. The van der Waals surface area contributed by atoms with Crippen molar-refractivity contribution in [3.05, 3.63) is 23.0 Å². The van der Waals surface area contributed by atoms with Crippen LogP contribution in [0.15, 0.2) is 12.1 Å². The Bertz CT molecular complexity index is 473. The number of rotatable bonds is 1. The smallest absolute Gasteiger partial charge is 0.410 e. The number of morpholine rings is 1. The third-order valence-corrected chi connectivity index (χ3v) is 2.90. The molecule has 110 valence electrons. The summed E-state index contributed by atoms with van der Waals surface area (Å²) in [7, 11) is 0. The van der Waals surface area contributed by atoms with Crippen LogP contribution in [0, 0.1) is 0 Å². The predicted octanol–water partition coefficient (Wildman–Crippen LogP) is 2.44. The number of halogens is 1. The summed E-state index contributed by atoms with van der Waals surface area (Å²) in [6.45, 7) is 6.86. The topological polar surface area (TPSA) is 64.5 Å². The van der Waals surface area contributed by atoms with E-state index in [2.05, 4.69) is 10.2 Å². The third-order valence-electron chi connectivity index (χ3n) is 2.70. The van der Waals surface area contributed by atoms with Crippen LogP contribution in [-0.4, -0.2) is 46.5 Å². The lowest BCUT2D eigenvalue weighted by Gasteiger charge is -2.33. The minimum absolute atomic E-state index is 0.305. The molecule has 6 nitrogen and oxygen atoms in total. The second kappa shape index (κ2) is 5.93. The Labute approximate surface area is 123 Å². The Kier molecular flexibility index (Phi) is 4.45. The highest BCUT2D eigenvalue weighted by Crippen LogP contribution is 2.22. The zero-order chi connectivity index (χ0) is 14.8. The first-order valence-electron chi connectivity index (χ1n) is 6.44. The van der Waals surface area contributed by atoms with Gasteiger partial charge in [-0.15, -0.1) is 5.10 Å². The van der Waals surface area contributed by atoms with Crippen LogP contribution < -0.4 is 0 Å². The monoisotopic (exact) mass is 299 g/mol. The van der Waals surface area contributed by atoms with Crippen LogP contribution in [-0.2, 0) is 9.47 Å². The first-order chi connectivity index (χ1) is 9.35. The van der Waals surface area contributed by atoms with E-state index in [-0.39, 0.29) is 12.2 Å². The summed E-state index contributed by atoms with van der Waals surface area (Å²) in [5.41, 5.74) is 0.146. The highest BCUT2D eigenvalue weighted by atomic mass is 35.5. The summed E-state index contributed by atoms with van der Waals surface area (Å²) in [5.74, 6) is 0. The van der Waals surface area contributed by atoms with Gasteiger partial charge in [-0.3, -0.25) is 0 Å². The van der Waals surface area contributed by atoms with Crippen LogP contribution in [0.4, 0.5) is 4.79 Å². The van der Waals surface area contributed by atoms with E-state index in [1.807, 2.05) is 20.8 Å². The van der Waals surface area contributed by atoms with Gasteiger partial charge in [-0.05, 0) is 32.9 Å². The van der Waals surface area contributed by atoms with Crippen LogP contribution >= 0.6 is 11.6 Å². The molecule has 1 fully saturated rings. The summed E-state index contributed by atoms with van der Waals surface area (Å²) in [4.78, 5) is 13.7. The SMILES string of the molecule is CC(C)(C)OC(=O)N1CCOC(c2ccc(Cl)nn2)C1. The van der Waals surface area contributed by atoms with Crippen molar-refractivity contribution < 1.29 is 14.3 Å². The lowest BCUT2D eigenvalue weighted by Crippen LogP contribution is -2.44. The van der Waals surface area contributed by atoms with Crippen molar-refractivity contribution in [1.82, 2.24) is 15.1 Å². The van der Waals surface area contributed by atoms with Gasteiger partial charge in [0.25, 0.3) is 0 Å². The van der Waals surface area contributed by atoms with Gasteiger partial charge in [-0.2, -0.15) is 5.10 Å². The molecule has 0 saturated carbocycles. The summed E-state index contributed by atoms with van der Waals surface area (Å²) < 4.78 is 11.0. The fraction of sp³-hybridized carbons (Fsp3) is 0.615. The maximum atomic E-state index is 12.0. The van der Waals surface area contributed by atoms with Gasteiger partial charge in [0.05, 0.1) is 18.8 Å². The van der Waals surface area contributed by atoms with Crippen LogP contribution in [0.5, 0.6) is 0 Å². The van der Waals surface area contributed by atoms with Gasteiger partial charge < -0.3 is 14.4 Å². The normalized spacial score (nSPS) is 19.8. The summed E-state index contributed by atoms with van der Waals surface area (Å²) in [5, 5.41) is 8.10. The molecule has 0 aliphatic carbocycles. The molecule has 20 heavy (non-hydrogen) atoms. The fourth-order valence-corrected chi connectivity index (χ4v) is 1.92. The molecule has 1 aliphatic heterocycles. The highest BCUT2D eigenvalue weighted by Gasteiger charge is 2.29. The van der Waals surface area contributed by atoms with Crippen molar-refractivity contribution in [3.63, 3.8) is 0 Å². The molecule has 1 aromatic heterocycles. The second-order valence-electron chi connectivity index (χ2n) is 5.57. The van der Waals surface area contributed by atoms with Crippen molar-refractivity contribution in [2.75, 3.05) is 19.7 Å². The number of carbonyl (C=O) groups is 1. The van der Waals surface area contributed by atoms with Gasteiger partial charge in [0.15, 0.2) is 5.15 Å². The standard InChI is InChI=1S/C13H18ClN3O3/c1-13(2,3)20-12(18)17-6-7-19-10(8-17)9-4-5-11(14)16-15-9/h4-5,10H,6-8H2,1-3H3. The molecule has 0 aromatic carbocycles. The van der Waals surface area contributed by atoms with Crippen molar-refractivity contribution in [3.8, 4) is 0 Å². The summed E-state index contributed by atoms with van der Waals surface area (Å²) >= 11 is 5.70. The molecule has 2 rings (SSSR count). The van der Waals surface area contributed by atoms with Gasteiger partial charge >= 0.3 is 6.09 Å². The van der Waals surface area contributed by atoms with Crippen LogP contribution in [0.1, 0.15) is 32.6 Å². The first-order valence-corrected chi connectivity index (χ1v) is 6.81. The van der Waals surface area contributed by atoms with Crippen LogP contribution in [0.3, 0.4) is 0 Å². The molecule has 0 N–H and O–H groups in total. The minimum Gasteiger partial charge on any atom is -0.444 e. The number of carbonyl (C=O) groups excluding carboxylic acids is 1. The second-order valence-corrected chi connectivity index (χ2v) is 5.95. The van der Waals surface area contributed by atoms with E-state index < -0.39 is 5.60 Å². The molecule has 1 aliphatic rings. The van der Waals surface area contributed by atoms with E-state index in [9.17, 15) is 4.79 Å². The van der Waals surface area contributed by atoms with Crippen LogP contribution in [0.25, 0.3) is 0 Å². The van der Waals surface area contributed by atoms with E-state index in [1.54, 1.807) is 17.0 Å².